The van der Waals surface area contributed by atoms with Crippen molar-refractivity contribution in [3.05, 3.63) is 35.9 Å². The van der Waals surface area contributed by atoms with Crippen molar-refractivity contribution in [3.63, 3.8) is 0 Å². The average Bonchev–Trinajstić information content (AvgIpc) is 2.46. The third kappa shape index (κ3) is 3.80. The first kappa shape index (κ1) is 15.5. The van der Waals surface area contributed by atoms with E-state index in [2.05, 4.69) is 6.58 Å². The topological polar surface area (TPSA) is 29.5 Å². The van der Waals surface area contributed by atoms with Crippen molar-refractivity contribution >= 4 is 12.0 Å². The van der Waals surface area contributed by atoms with Crippen LogP contribution in [0.2, 0.25) is 0 Å². The molecule has 0 atom stereocenters. The number of nitrogens with zero attached hydrogens (tertiary/aromatic N) is 1. The minimum Gasteiger partial charge on any atom is -0.496 e. The van der Waals surface area contributed by atoms with E-state index in [0.717, 1.165) is 5.56 Å². The van der Waals surface area contributed by atoms with E-state index in [9.17, 15) is 13.6 Å². The summed E-state index contributed by atoms with van der Waals surface area (Å²) in [5, 5.41) is 0. The number of methoxy groups -OCH3 is 1. The first-order valence-electron chi connectivity index (χ1n) is 6.90. The standard InChI is InChI=1S/C16H19F2NO2/c1-3-12-5-6-14(21-2)13(9-12)10-15(20)19-8-4-7-16(17,18)11-19/h3,5-6,9H,1,4,7-8,10-11H2,2H3. The van der Waals surface area contributed by atoms with E-state index in [1.54, 1.807) is 18.2 Å². The molecule has 1 aliphatic rings. The Balaban J connectivity index is 2.13. The highest BCUT2D eigenvalue weighted by Crippen LogP contribution is 2.28. The Morgan fingerprint density at radius 2 is 2.29 bits per heavy atom. The van der Waals surface area contributed by atoms with Crippen LogP contribution in [0.1, 0.15) is 24.0 Å². The molecule has 1 aliphatic heterocycles. The lowest BCUT2D eigenvalue weighted by atomic mass is 10.0. The number of benzene rings is 1. The number of ether oxygens (including phenoxy) is 1. The molecule has 0 aromatic heterocycles. The molecule has 1 aromatic carbocycles. The van der Waals surface area contributed by atoms with Gasteiger partial charge in [0.25, 0.3) is 5.92 Å². The molecule has 0 unspecified atom stereocenters. The van der Waals surface area contributed by atoms with Gasteiger partial charge in [-0.15, -0.1) is 0 Å². The van der Waals surface area contributed by atoms with Gasteiger partial charge in [-0.3, -0.25) is 4.79 Å². The van der Waals surface area contributed by atoms with Crippen molar-refractivity contribution in [2.45, 2.75) is 25.2 Å². The zero-order chi connectivity index (χ0) is 15.5. The summed E-state index contributed by atoms with van der Waals surface area (Å²) in [5.74, 6) is -2.49. The lowest BCUT2D eigenvalue weighted by Crippen LogP contribution is -2.46. The maximum atomic E-state index is 13.4. The number of hydrogen-bond donors (Lipinski definition) is 0. The first-order valence-corrected chi connectivity index (χ1v) is 6.90. The second kappa shape index (κ2) is 6.24. The number of alkyl halides is 2. The minimum atomic E-state index is -2.78. The van der Waals surface area contributed by atoms with Crippen LogP contribution in [-0.2, 0) is 11.2 Å². The van der Waals surface area contributed by atoms with Crippen molar-refractivity contribution in [2.24, 2.45) is 0 Å². The van der Waals surface area contributed by atoms with Gasteiger partial charge in [-0.25, -0.2) is 8.78 Å². The van der Waals surface area contributed by atoms with Crippen molar-refractivity contribution < 1.29 is 18.3 Å². The third-order valence-electron chi connectivity index (χ3n) is 3.63. The monoisotopic (exact) mass is 295 g/mol. The van der Waals surface area contributed by atoms with Crippen molar-refractivity contribution in [2.75, 3.05) is 20.2 Å². The van der Waals surface area contributed by atoms with E-state index in [-0.39, 0.29) is 18.7 Å². The van der Waals surface area contributed by atoms with E-state index in [1.807, 2.05) is 6.07 Å². The van der Waals surface area contributed by atoms with Crippen LogP contribution in [0.5, 0.6) is 5.75 Å². The van der Waals surface area contributed by atoms with Gasteiger partial charge in [0.05, 0.1) is 20.1 Å². The summed E-state index contributed by atoms with van der Waals surface area (Å²) >= 11 is 0. The highest BCUT2D eigenvalue weighted by Gasteiger charge is 2.37. The van der Waals surface area contributed by atoms with Gasteiger partial charge in [0, 0.05) is 18.5 Å². The van der Waals surface area contributed by atoms with Crippen molar-refractivity contribution in [3.8, 4) is 5.75 Å². The summed E-state index contributed by atoms with van der Waals surface area (Å²) < 4.78 is 32.0. The number of hydrogen-bond acceptors (Lipinski definition) is 2. The van der Waals surface area contributed by atoms with Crippen LogP contribution in [0.15, 0.2) is 24.8 Å². The SMILES string of the molecule is C=Cc1ccc(OC)c(CC(=O)N2CCCC(F)(F)C2)c1. The van der Waals surface area contributed by atoms with Crippen LogP contribution in [0.3, 0.4) is 0 Å². The maximum Gasteiger partial charge on any atom is 0.265 e. The Labute approximate surface area is 123 Å². The van der Waals surface area contributed by atoms with E-state index in [0.29, 0.717) is 24.3 Å². The molecule has 5 heteroatoms. The molecule has 1 aromatic rings. The Hall–Kier alpha value is -1.91. The Morgan fingerprint density at radius 3 is 2.90 bits per heavy atom. The van der Waals surface area contributed by atoms with Gasteiger partial charge in [0.2, 0.25) is 5.91 Å². The molecule has 21 heavy (non-hydrogen) atoms. The van der Waals surface area contributed by atoms with Crippen molar-refractivity contribution in [1.29, 1.82) is 0 Å². The molecular formula is C16H19F2NO2. The summed E-state index contributed by atoms with van der Waals surface area (Å²) in [5.41, 5.74) is 1.55. The number of piperidine rings is 1. The van der Waals surface area contributed by atoms with Crippen LogP contribution < -0.4 is 4.74 Å². The molecule has 114 valence electrons. The number of amides is 1. The Bertz CT molecular complexity index is 543. The van der Waals surface area contributed by atoms with E-state index >= 15 is 0 Å². The summed E-state index contributed by atoms with van der Waals surface area (Å²) in [7, 11) is 1.52. The molecule has 3 nitrogen and oxygen atoms in total. The fraction of sp³-hybridized carbons (Fsp3) is 0.438. The molecule has 0 N–H and O–H groups in total. The van der Waals surface area contributed by atoms with Crippen molar-refractivity contribution in [1.82, 2.24) is 4.90 Å². The Morgan fingerprint density at radius 1 is 1.52 bits per heavy atom. The lowest BCUT2D eigenvalue weighted by molar-refractivity contribution is -0.140. The number of carbonyl (C=O) groups excluding carboxylic acids is 1. The van der Waals surface area contributed by atoms with Gasteiger partial charge in [0.1, 0.15) is 5.75 Å². The molecule has 0 saturated carbocycles. The highest BCUT2D eigenvalue weighted by atomic mass is 19.3. The quantitative estimate of drug-likeness (QED) is 0.854. The van der Waals surface area contributed by atoms with Gasteiger partial charge in [-0.1, -0.05) is 18.7 Å². The largest absolute Gasteiger partial charge is 0.496 e. The Kier molecular flexibility index (Phi) is 4.60. The zero-order valence-electron chi connectivity index (χ0n) is 12.1. The normalized spacial score (nSPS) is 17.4. The smallest absolute Gasteiger partial charge is 0.265 e. The zero-order valence-corrected chi connectivity index (χ0v) is 12.1. The van der Waals surface area contributed by atoms with Crippen LogP contribution in [0, 0.1) is 0 Å². The molecule has 0 radical (unpaired) electrons. The second-order valence-electron chi connectivity index (χ2n) is 5.23. The van der Waals surface area contributed by atoms with Crippen LogP contribution in [0.25, 0.3) is 6.08 Å². The molecule has 0 bridgehead atoms. The second-order valence-corrected chi connectivity index (χ2v) is 5.23. The van der Waals surface area contributed by atoms with Gasteiger partial charge >= 0.3 is 0 Å². The summed E-state index contributed by atoms with van der Waals surface area (Å²) in [6, 6.07) is 5.38. The third-order valence-corrected chi connectivity index (χ3v) is 3.63. The number of halogens is 2. The van der Waals surface area contributed by atoms with Crippen LogP contribution >= 0.6 is 0 Å². The summed E-state index contributed by atoms with van der Waals surface area (Å²) in [6.07, 6.45) is 1.91. The fourth-order valence-corrected chi connectivity index (χ4v) is 2.52. The summed E-state index contributed by atoms with van der Waals surface area (Å²) in [6.45, 7) is 3.58. The number of likely N-dealkylation sites (tertiary alicyclic amines) is 1. The van der Waals surface area contributed by atoms with E-state index in [1.165, 1.54) is 12.0 Å². The molecule has 1 amide bonds. The molecule has 2 rings (SSSR count). The summed E-state index contributed by atoms with van der Waals surface area (Å²) in [4.78, 5) is 13.5. The molecule has 1 fully saturated rings. The predicted octanol–water partition coefficient (Wildman–Crippen LogP) is 3.14. The molecule has 0 spiro atoms. The van der Waals surface area contributed by atoms with E-state index in [4.69, 9.17) is 4.74 Å². The lowest BCUT2D eigenvalue weighted by Gasteiger charge is -2.32. The van der Waals surface area contributed by atoms with Gasteiger partial charge < -0.3 is 9.64 Å². The molecular weight excluding hydrogens is 276 g/mol. The predicted molar refractivity (Wildman–Crippen MR) is 77.6 cm³/mol. The van der Waals surface area contributed by atoms with Gasteiger partial charge in [0.15, 0.2) is 0 Å². The average molecular weight is 295 g/mol. The highest BCUT2D eigenvalue weighted by molar-refractivity contribution is 5.80. The van der Waals surface area contributed by atoms with Crippen LogP contribution in [-0.4, -0.2) is 36.9 Å². The van der Waals surface area contributed by atoms with Gasteiger partial charge in [-0.05, 0) is 24.1 Å². The fourth-order valence-electron chi connectivity index (χ4n) is 2.52. The van der Waals surface area contributed by atoms with E-state index < -0.39 is 12.5 Å². The number of carbonyl (C=O) groups is 1. The molecule has 1 heterocycles. The maximum absolute atomic E-state index is 13.4. The molecule has 0 aliphatic carbocycles. The first-order chi connectivity index (χ1) is 9.95. The minimum absolute atomic E-state index is 0.0565. The molecule has 1 saturated heterocycles. The number of rotatable bonds is 4. The van der Waals surface area contributed by atoms with Crippen LogP contribution in [0.4, 0.5) is 8.78 Å². The van der Waals surface area contributed by atoms with Gasteiger partial charge in [-0.2, -0.15) is 0 Å².